The van der Waals surface area contributed by atoms with Gasteiger partial charge >= 0.3 is 0 Å². The van der Waals surface area contributed by atoms with E-state index in [4.69, 9.17) is 5.73 Å². The number of nitrogens with one attached hydrogen (secondary N) is 1. The number of nitro benzene ring substituents is 1. The van der Waals surface area contributed by atoms with E-state index in [0.29, 0.717) is 5.56 Å². The van der Waals surface area contributed by atoms with Gasteiger partial charge in [0.2, 0.25) is 10.0 Å². The van der Waals surface area contributed by atoms with Crippen molar-refractivity contribution in [3.63, 3.8) is 0 Å². The number of benzene rings is 1. The molecule has 0 radical (unpaired) electrons. The molecule has 0 bridgehead atoms. The summed E-state index contributed by atoms with van der Waals surface area (Å²) in [6.45, 7) is 1.57. The third-order valence-corrected chi connectivity index (χ3v) is 5.89. The Morgan fingerprint density at radius 2 is 2.20 bits per heavy atom. The van der Waals surface area contributed by atoms with Gasteiger partial charge in [0.05, 0.1) is 9.82 Å². The van der Waals surface area contributed by atoms with Crippen LogP contribution in [0.5, 0.6) is 0 Å². The Labute approximate surface area is 121 Å². The number of nitro groups is 1. The first-order valence-electron chi connectivity index (χ1n) is 5.96. The van der Waals surface area contributed by atoms with Crippen LogP contribution in [0.15, 0.2) is 17.0 Å². The molecule has 1 fully saturated rings. The average Bonchev–Trinajstić information content (AvgIpc) is 2.79. The summed E-state index contributed by atoms with van der Waals surface area (Å²) in [4.78, 5) is 10.1. The molecule has 2 rings (SSSR count). The molecule has 1 aromatic rings. The molecule has 110 valence electrons. The minimum Gasteiger partial charge on any atom is -0.393 e. The molecule has 1 aliphatic heterocycles. The van der Waals surface area contributed by atoms with Crippen molar-refractivity contribution in [3.8, 4) is 0 Å². The lowest BCUT2D eigenvalue weighted by Crippen LogP contribution is -2.35. The first-order valence-corrected chi connectivity index (χ1v) is 8.59. The topological polar surface area (TPSA) is 115 Å². The number of anilines is 1. The first kappa shape index (κ1) is 15.1. The van der Waals surface area contributed by atoms with Gasteiger partial charge in [-0.1, -0.05) is 0 Å². The van der Waals surface area contributed by atoms with Gasteiger partial charge in [0.25, 0.3) is 5.69 Å². The van der Waals surface area contributed by atoms with Gasteiger partial charge in [0.15, 0.2) is 0 Å². The lowest BCUT2D eigenvalue weighted by molar-refractivity contribution is -0.384. The van der Waals surface area contributed by atoms with Crippen LogP contribution in [0.25, 0.3) is 0 Å². The zero-order valence-electron chi connectivity index (χ0n) is 10.8. The summed E-state index contributed by atoms with van der Waals surface area (Å²) >= 11 is 1.68. The molecule has 0 aromatic heterocycles. The van der Waals surface area contributed by atoms with Crippen LogP contribution in [0.4, 0.5) is 11.4 Å². The minimum atomic E-state index is -3.77. The molecule has 1 atom stereocenters. The van der Waals surface area contributed by atoms with Crippen molar-refractivity contribution in [2.45, 2.75) is 24.3 Å². The molecule has 0 amide bonds. The third-order valence-electron chi connectivity index (χ3n) is 3.06. The number of aryl methyl sites for hydroxylation is 1. The normalized spacial score (nSPS) is 19.1. The van der Waals surface area contributed by atoms with Crippen LogP contribution in [0.2, 0.25) is 0 Å². The highest BCUT2D eigenvalue weighted by molar-refractivity contribution is 7.99. The van der Waals surface area contributed by atoms with E-state index in [2.05, 4.69) is 4.72 Å². The maximum atomic E-state index is 12.3. The second-order valence-corrected chi connectivity index (χ2v) is 7.45. The van der Waals surface area contributed by atoms with Gasteiger partial charge in [-0.25, -0.2) is 13.1 Å². The van der Waals surface area contributed by atoms with Crippen LogP contribution >= 0.6 is 11.8 Å². The number of hydrogen-bond acceptors (Lipinski definition) is 6. The molecule has 1 saturated heterocycles. The fourth-order valence-electron chi connectivity index (χ4n) is 2.06. The van der Waals surface area contributed by atoms with Crippen molar-refractivity contribution in [1.29, 1.82) is 0 Å². The van der Waals surface area contributed by atoms with Crippen molar-refractivity contribution < 1.29 is 13.3 Å². The van der Waals surface area contributed by atoms with Crippen molar-refractivity contribution in [1.82, 2.24) is 4.72 Å². The van der Waals surface area contributed by atoms with Gasteiger partial charge in [0, 0.05) is 17.9 Å². The molecule has 0 aliphatic carbocycles. The molecule has 0 saturated carbocycles. The number of nitrogens with two attached hydrogens (primary N) is 1. The second kappa shape index (κ2) is 5.58. The highest BCUT2D eigenvalue weighted by Crippen LogP contribution is 2.29. The number of rotatable bonds is 4. The number of sulfonamides is 1. The molecule has 1 aliphatic rings. The van der Waals surface area contributed by atoms with Crippen molar-refractivity contribution in [2.24, 2.45) is 0 Å². The van der Waals surface area contributed by atoms with E-state index in [9.17, 15) is 18.5 Å². The Morgan fingerprint density at radius 3 is 2.75 bits per heavy atom. The van der Waals surface area contributed by atoms with Crippen LogP contribution in [0.3, 0.4) is 0 Å². The zero-order valence-corrected chi connectivity index (χ0v) is 12.5. The molecule has 9 heteroatoms. The highest BCUT2D eigenvalue weighted by atomic mass is 32.2. The standard InChI is InChI=1S/C11H15N3O4S2/c1-7-4-9(12)10(14(15)16)5-11(7)20(17,18)13-8-2-3-19-6-8/h4-5,8,13H,2-3,6,12H2,1H3. The maximum absolute atomic E-state index is 12.3. The van der Waals surface area contributed by atoms with Gasteiger partial charge in [-0.2, -0.15) is 11.8 Å². The summed E-state index contributed by atoms with van der Waals surface area (Å²) in [7, 11) is -3.77. The van der Waals surface area contributed by atoms with Crippen molar-refractivity contribution in [3.05, 3.63) is 27.8 Å². The largest absolute Gasteiger partial charge is 0.393 e. The van der Waals surface area contributed by atoms with Crippen LogP contribution in [0, 0.1) is 17.0 Å². The van der Waals surface area contributed by atoms with Crippen LogP contribution in [-0.4, -0.2) is 30.9 Å². The van der Waals surface area contributed by atoms with E-state index in [1.807, 2.05) is 0 Å². The lowest BCUT2D eigenvalue weighted by Gasteiger charge is -2.14. The molecule has 1 unspecified atom stereocenters. The fourth-order valence-corrected chi connectivity index (χ4v) is 4.83. The average molecular weight is 317 g/mol. The number of nitrogens with zero attached hydrogens (tertiary/aromatic N) is 1. The molecule has 1 aromatic carbocycles. The van der Waals surface area contributed by atoms with E-state index in [1.165, 1.54) is 6.07 Å². The zero-order chi connectivity index (χ0) is 14.9. The fraction of sp³-hybridized carbons (Fsp3) is 0.455. The van der Waals surface area contributed by atoms with E-state index in [-0.39, 0.29) is 16.6 Å². The van der Waals surface area contributed by atoms with E-state index < -0.39 is 20.6 Å². The molecule has 3 N–H and O–H groups in total. The SMILES string of the molecule is Cc1cc(N)c([N+](=O)[O-])cc1S(=O)(=O)NC1CCSC1. The van der Waals surface area contributed by atoms with Crippen LogP contribution in [0.1, 0.15) is 12.0 Å². The summed E-state index contributed by atoms with van der Waals surface area (Å²) in [5, 5.41) is 10.9. The predicted octanol–water partition coefficient (Wildman–Crippen LogP) is 1.27. The number of nitrogen functional groups attached to an aromatic ring is 1. The van der Waals surface area contributed by atoms with E-state index >= 15 is 0 Å². The highest BCUT2D eigenvalue weighted by Gasteiger charge is 2.27. The van der Waals surface area contributed by atoms with Crippen LogP contribution in [-0.2, 0) is 10.0 Å². The maximum Gasteiger partial charge on any atom is 0.293 e. The smallest absolute Gasteiger partial charge is 0.293 e. The monoisotopic (exact) mass is 317 g/mol. The summed E-state index contributed by atoms with van der Waals surface area (Å²) in [6.07, 6.45) is 0.764. The van der Waals surface area contributed by atoms with Gasteiger partial charge in [0.1, 0.15) is 5.69 Å². The lowest BCUT2D eigenvalue weighted by atomic mass is 10.2. The van der Waals surface area contributed by atoms with Gasteiger partial charge in [-0.05, 0) is 30.7 Å². The third kappa shape index (κ3) is 3.05. The molecule has 0 spiro atoms. The Balaban J connectivity index is 2.40. The Bertz CT molecular complexity index is 639. The van der Waals surface area contributed by atoms with Crippen LogP contribution < -0.4 is 10.5 Å². The second-order valence-electron chi connectivity index (χ2n) is 4.62. The summed E-state index contributed by atoms with van der Waals surface area (Å²) in [6, 6.07) is 2.21. The van der Waals surface area contributed by atoms with Gasteiger partial charge in [-0.15, -0.1) is 0 Å². The van der Waals surface area contributed by atoms with Gasteiger partial charge in [-0.3, -0.25) is 10.1 Å². The molecule has 20 heavy (non-hydrogen) atoms. The number of hydrogen-bond donors (Lipinski definition) is 2. The predicted molar refractivity (Wildman–Crippen MR) is 78.3 cm³/mol. The van der Waals surface area contributed by atoms with Crippen molar-refractivity contribution >= 4 is 33.2 Å². The molecule has 1 heterocycles. The Hall–Kier alpha value is -1.32. The summed E-state index contributed by atoms with van der Waals surface area (Å²) in [5.74, 6) is 1.63. The number of thioether (sulfide) groups is 1. The Morgan fingerprint density at radius 1 is 1.50 bits per heavy atom. The first-order chi connectivity index (χ1) is 9.31. The summed E-state index contributed by atoms with van der Waals surface area (Å²) in [5.41, 5.74) is 5.50. The molecule has 7 nitrogen and oxygen atoms in total. The molecular weight excluding hydrogens is 302 g/mol. The van der Waals surface area contributed by atoms with E-state index in [1.54, 1.807) is 18.7 Å². The summed E-state index contributed by atoms with van der Waals surface area (Å²) < 4.78 is 27.2. The van der Waals surface area contributed by atoms with Crippen molar-refractivity contribution in [2.75, 3.05) is 17.2 Å². The Kier molecular flexibility index (Phi) is 4.21. The van der Waals surface area contributed by atoms with E-state index in [0.717, 1.165) is 24.0 Å². The quantitative estimate of drug-likeness (QED) is 0.491. The molecular formula is C11H15N3O4S2. The minimum absolute atomic E-state index is 0.0390. The van der Waals surface area contributed by atoms with Gasteiger partial charge < -0.3 is 5.73 Å².